The van der Waals surface area contributed by atoms with Gasteiger partial charge in [0.25, 0.3) is 0 Å². The van der Waals surface area contributed by atoms with E-state index in [4.69, 9.17) is 0 Å². The van der Waals surface area contributed by atoms with E-state index in [1.807, 2.05) is 37.3 Å². The van der Waals surface area contributed by atoms with Crippen LogP contribution in [0.1, 0.15) is 27.8 Å². The summed E-state index contributed by atoms with van der Waals surface area (Å²) in [6.45, 7) is 3.67. The summed E-state index contributed by atoms with van der Waals surface area (Å²) in [7, 11) is -3.94. The lowest BCUT2D eigenvalue weighted by molar-refractivity contribution is -0.125. The van der Waals surface area contributed by atoms with Gasteiger partial charge in [0.15, 0.2) is 0 Å². The van der Waals surface area contributed by atoms with E-state index in [9.17, 15) is 17.6 Å². The van der Waals surface area contributed by atoms with Crippen molar-refractivity contribution in [2.75, 3.05) is 0 Å². The molecular weight excluding hydrogens is 427 g/mol. The number of halogens is 1. The van der Waals surface area contributed by atoms with E-state index in [0.29, 0.717) is 11.1 Å². The van der Waals surface area contributed by atoms with Crippen LogP contribution in [0.2, 0.25) is 0 Å². The molecule has 0 bridgehead atoms. The maximum Gasteiger partial charge on any atom is 0.244 e. The minimum absolute atomic E-state index is 0.0129. The number of hydrogen-bond donors (Lipinski definition) is 1. The number of nitrogens with zero attached hydrogens (tertiary/aromatic N) is 1. The molecule has 0 saturated heterocycles. The minimum Gasteiger partial charge on any atom is -0.351 e. The maximum atomic E-state index is 14.0. The Morgan fingerprint density at radius 2 is 1.72 bits per heavy atom. The molecule has 0 aromatic heterocycles. The van der Waals surface area contributed by atoms with Gasteiger partial charge < -0.3 is 5.32 Å². The van der Waals surface area contributed by atoms with Gasteiger partial charge in [-0.15, -0.1) is 0 Å². The zero-order valence-electron chi connectivity index (χ0n) is 18.0. The van der Waals surface area contributed by atoms with Crippen molar-refractivity contribution in [1.82, 2.24) is 9.62 Å². The Morgan fingerprint density at radius 3 is 2.47 bits per heavy atom. The van der Waals surface area contributed by atoms with Crippen LogP contribution in [-0.4, -0.2) is 24.7 Å². The number of rotatable bonds is 5. The molecule has 0 spiro atoms. The van der Waals surface area contributed by atoms with E-state index in [-0.39, 0.29) is 24.4 Å². The molecule has 1 unspecified atom stereocenters. The maximum absolute atomic E-state index is 14.0. The lowest BCUT2D eigenvalue weighted by atomic mass is 9.95. The van der Waals surface area contributed by atoms with Gasteiger partial charge in [0.1, 0.15) is 11.9 Å². The number of carbonyl (C=O) groups excluding carboxylic acids is 1. The molecule has 1 amide bonds. The molecule has 4 rings (SSSR count). The number of fused-ring (bicyclic) bond motifs is 1. The second-order valence-electron chi connectivity index (χ2n) is 8.12. The molecule has 3 aromatic carbocycles. The molecule has 1 aliphatic rings. The molecule has 5 nitrogen and oxygen atoms in total. The highest BCUT2D eigenvalue weighted by Crippen LogP contribution is 2.31. The van der Waals surface area contributed by atoms with E-state index in [2.05, 4.69) is 5.32 Å². The SMILES string of the molecule is Cc1ccc(C)c(S(=O)(=O)N2Cc3ccccc3CC2C(=O)NCc2ccccc2F)c1. The predicted octanol–water partition coefficient (Wildman–Crippen LogP) is 3.87. The number of sulfonamides is 1. The highest BCUT2D eigenvalue weighted by atomic mass is 32.2. The number of amides is 1. The van der Waals surface area contributed by atoms with Crippen molar-refractivity contribution in [3.63, 3.8) is 0 Å². The van der Waals surface area contributed by atoms with Crippen LogP contribution in [0.25, 0.3) is 0 Å². The lowest BCUT2D eigenvalue weighted by Gasteiger charge is -2.35. The first-order valence-corrected chi connectivity index (χ1v) is 11.9. The molecule has 7 heteroatoms. The summed E-state index contributed by atoms with van der Waals surface area (Å²) in [6.07, 6.45) is 0.253. The number of hydrogen-bond acceptors (Lipinski definition) is 3. The third-order valence-electron chi connectivity index (χ3n) is 5.85. The topological polar surface area (TPSA) is 66.5 Å². The van der Waals surface area contributed by atoms with Crippen molar-refractivity contribution in [2.45, 2.75) is 44.3 Å². The van der Waals surface area contributed by atoms with Crippen LogP contribution in [0.3, 0.4) is 0 Å². The molecular formula is C25H25FN2O3S. The third-order valence-corrected chi connectivity index (χ3v) is 7.85. The molecule has 0 radical (unpaired) electrons. The number of benzene rings is 3. The van der Waals surface area contributed by atoms with E-state index >= 15 is 0 Å². The van der Waals surface area contributed by atoms with Crippen molar-refractivity contribution < 1.29 is 17.6 Å². The van der Waals surface area contributed by atoms with Crippen LogP contribution in [0, 0.1) is 19.7 Å². The van der Waals surface area contributed by atoms with Gasteiger partial charge in [0.05, 0.1) is 4.90 Å². The van der Waals surface area contributed by atoms with Gasteiger partial charge in [-0.2, -0.15) is 4.31 Å². The summed E-state index contributed by atoms with van der Waals surface area (Å²) in [5, 5.41) is 2.73. The molecule has 1 heterocycles. The van der Waals surface area contributed by atoms with E-state index in [0.717, 1.165) is 16.7 Å². The van der Waals surface area contributed by atoms with Gasteiger partial charge in [-0.25, -0.2) is 12.8 Å². The van der Waals surface area contributed by atoms with Crippen LogP contribution in [0.4, 0.5) is 4.39 Å². The average Bonchev–Trinajstić information content (AvgIpc) is 2.79. The van der Waals surface area contributed by atoms with Crippen molar-refractivity contribution in [2.24, 2.45) is 0 Å². The van der Waals surface area contributed by atoms with Crippen molar-refractivity contribution in [3.8, 4) is 0 Å². The Morgan fingerprint density at radius 1 is 1.03 bits per heavy atom. The average molecular weight is 453 g/mol. The smallest absolute Gasteiger partial charge is 0.244 e. The van der Waals surface area contributed by atoms with Gasteiger partial charge in [-0.1, -0.05) is 54.6 Å². The van der Waals surface area contributed by atoms with E-state index in [1.165, 1.54) is 10.4 Å². The first-order valence-electron chi connectivity index (χ1n) is 10.4. The van der Waals surface area contributed by atoms with Crippen LogP contribution >= 0.6 is 0 Å². The fourth-order valence-corrected chi connectivity index (χ4v) is 5.91. The largest absolute Gasteiger partial charge is 0.351 e. The molecule has 0 saturated carbocycles. The summed E-state index contributed by atoms with van der Waals surface area (Å²) >= 11 is 0. The molecule has 166 valence electrons. The highest BCUT2D eigenvalue weighted by molar-refractivity contribution is 7.89. The lowest BCUT2D eigenvalue weighted by Crippen LogP contribution is -2.52. The number of carbonyl (C=O) groups is 1. The van der Waals surface area contributed by atoms with Gasteiger partial charge in [0, 0.05) is 18.7 Å². The predicted molar refractivity (Wildman–Crippen MR) is 121 cm³/mol. The summed E-state index contributed by atoms with van der Waals surface area (Å²) in [6, 6.07) is 18.1. The quantitative estimate of drug-likeness (QED) is 0.639. The van der Waals surface area contributed by atoms with Crippen molar-refractivity contribution in [3.05, 3.63) is 100 Å². The fourth-order valence-electron chi connectivity index (χ4n) is 4.03. The summed E-state index contributed by atoms with van der Waals surface area (Å²) in [5.74, 6) is -0.863. The molecule has 0 fully saturated rings. The van der Waals surface area contributed by atoms with Crippen molar-refractivity contribution >= 4 is 15.9 Å². The third kappa shape index (κ3) is 4.31. The molecule has 0 aliphatic carbocycles. The minimum atomic E-state index is -3.94. The van der Waals surface area contributed by atoms with E-state index in [1.54, 1.807) is 37.3 Å². The Bertz CT molecular complexity index is 1270. The summed E-state index contributed by atoms with van der Waals surface area (Å²) < 4.78 is 42.7. The second kappa shape index (κ2) is 8.84. The Balaban J connectivity index is 1.69. The normalized spacial score (nSPS) is 16.4. The van der Waals surface area contributed by atoms with Crippen molar-refractivity contribution in [1.29, 1.82) is 0 Å². The van der Waals surface area contributed by atoms with Gasteiger partial charge in [0.2, 0.25) is 15.9 Å². The molecule has 1 N–H and O–H groups in total. The Kier molecular flexibility index (Phi) is 6.13. The van der Waals surface area contributed by atoms with Gasteiger partial charge in [-0.3, -0.25) is 4.79 Å². The van der Waals surface area contributed by atoms with Crippen LogP contribution in [0.15, 0.2) is 71.6 Å². The second-order valence-corrected chi connectivity index (χ2v) is 9.98. The van der Waals surface area contributed by atoms with Gasteiger partial charge in [-0.05, 0) is 54.7 Å². The molecule has 1 atom stereocenters. The Labute approximate surface area is 187 Å². The highest BCUT2D eigenvalue weighted by Gasteiger charge is 2.40. The standard InChI is InChI=1S/C25H25FN2O3S/c1-17-11-12-18(2)24(13-17)32(30,31)28-16-21-9-4-3-7-19(21)14-23(28)25(29)27-15-20-8-5-6-10-22(20)26/h3-13,23H,14-16H2,1-2H3,(H,27,29). The zero-order chi connectivity index (χ0) is 22.9. The van der Waals surface area contributed by atoms with E-state index < -0.39 is 27.8 Å². The number of aryl methyl sites for hydroxylation is 2. The first-order chi connectivity index (χ1) is 15.3. The number of nitrogens with one attached hydrogen (secondary N) is 1. The fraction of sp³-hybridized carbons (Fsp3) is 0.240. The Hall–Kier alpha value is -3.03. The van der Waals surface area contributed by atoms with Gasteiger partial charge >= 0.3 is 0 Å². The van der Waals surface area contributed by atoms with Crippen LogP contribution < -0.4 is 5.32 Å². The first kappa shape index (κ1) is 22.2. The summed E-state index contributed by atoms with van der Waals surface area (Å²) in [5.41, 5.74) is 3.61. The molecule has 1 aliphatic heterocycles. The van der Waals surface area contributed by atoms with Crippen LogP contribution in [-0.2, 0) is 34.3 Å². The van der Waals surface area contributed by atoms with Crippen LogP contribution in [0.5, 0.6) is 0 Å². The monoisotopic (exact) mass is 452 g/mol. The molecule has 32 heavy (non-hydrogen) atoms. The summed E-state index contributed by atoms with van der Waals surface area (Å²) in [4.78, 5) is 13.4. The zero-order valence-corrected chi connectivity index (χ0v) is 18.8. The molecule has 3 aromatic rings.